The molecular weight excluding hydrogens is 359 g/mol. The van der Waals surface area contributed by atoms with Gasteiger partial charge in [0.2, 0.25) is 5.91 Å². The molecule has 3 atom stereocenters. The highest BCUT2D eigenvalue weighted by Crippen LogP contribution is 2.51. The third kappa shape index (κ3) is 3.22. The molecule has 0 aromatic heterocycles. The van der Waals surface area contributed by atoms with Crippen LogP contribution in [0.25, 0.3) is 0 Å². The first kappa shape index (κ1) is 17.5. The largest absolute Gasteiger partial charge is 0.416 e. The van der Waals surface area contributed by atoms with E-state index in [1.807, 2.05) is 30.3 Å². The van der Waals surface area contributed by atoms with Crippen molar-refractivity contribution in [1.29, 1.82) is 0 Å². The molecule has 2 nitrogen and oxygen atoms in total. The van der Waals surface area contributed by atoms with E-state index in [9.17, 15) is 18.0 Å². The summed E-state index contributed by atoms with van der Waals surface area (Å²) in [6.07, 6.45) is -3.64. The number of hydrogen-bond donors (Lipinski definition) is 0. The van der Waals surface area contributed by atoms with Crippen molar-refractivity contribution in [3.63, 3.8) is 0 Å². The van der Waals surface area contributed by atoms with E-state index in [1.165, 1.54) is 23.9 Å². The standard InChI is InChI=1S/C20H18F3NOS/c21-20(22,23)17-9-5-4-8-14(17)19-24(10-11-26-19)18(25)16-12-15(16)13-6-2-1-3-7-13/h1-9,15-16,19H,10-12H2/t15-,16+,19+/m0/s1. The third-order valence-electron chi connectivity index (χ3n) is 5.04. The van der Waals surface area contributed by atoms with Crippen molar-refractivity contribution in [1.82, 2.24) is 4.90 Å². The summed E-state index contributed by atoms with van der Waals surface area (Å²) >= 11 is 1.41. The molecule has 1 aliphatic heterocycles. The van der Waals surface area contributed by atoms with Crippen molar-refractivity contribution < 1.29 is 18.0 Å². The second-order valence-electron chi connectivity index (χ2n) is 6.70. The minimum absolute atomic E-state index is 0.0224. The zero-order valence-corrected chi connectivity index (χ0v) is 14.8. The Morgan fingerprint density at radius 1 is 1.04 bits per heavy atom. The molecule has 6 heteroatoms. The summed E-state index contributed by atoms with van der Waals surface area (Å²) in [4.78, 5) is 14.6. The van der Waals surface area contributed by atoms with E-state index in [0.717, 1.165) is 18.1 Å². The van der Waals surface area contributed by atoms with E-state index in [2.05, 4.69) is 0 Å². The molecule has 1 saturated heterocycles. The van der Waals surface area contributed by atoms with Gasteiger partial charge >= 0.3 is 6.18 Å². The van der Waals surface area contributed by atoms with Gasteiger partial charge in [0.25, 0.3) is 0 Å². The van der Waals surface area contributed by atoms with Crippen LogP contribution < -0.4 is 0 Å². The first-order valence-corrected chi connectivity index (χ1v) is 9.65. The Hall–Kier alpha value is -1.95. The minimum atomic E-state index is -4.42. The number of hydrogen-bond acceptors (Lipinski definition) is 2. The Bertz CT molecular complexity index is 808. The topological polar surface area (TPSA) is 20.3 Å². The maximum absolute atomic E-state index is 13.4. The van der Waals surface area contributed by atoms with Crippen LogP contribution >= 0.6 is 11.8 Å². The fraction of sp³-hybridized carbons (Fsp3) is 0.350. The average Bonchev–Trinajstić information content (AvgIpc) is 3.29. The van der Waals surface area contributed by atoms with E-state index in [4.69, 9.17) is 0 Å². The van der Waals surface area contributed by atoms with Crippen LogP contribution in [0.15, 0.2) is 54.6 Å². The fourth-order valence-electron chi connectivity index (χ4n) is 3.67. The van der Waals surface area contributed by atoms with E-state index in [0.29, 0.717) is 12.3 Å². The van der Waals surface area contributed by atoms with Crippen LogP contribution in [0, 0.1) is 5.92 Å². The average molecular weight is 377 g/mol. The van der Waals surface area contributed by atoms with Crippen molar-refractivity contribution in [3.05, 3.63) is 71.3 Å². The normalized spacial score (nSPS) is 25.3. The lowest BCUT2D eigenvalue weighted by atomic mass is 10.1. The molecule has 0 bridgehead atoms. The quantitative estimate of drug-likeness (QED) is 0.743. The first-order valence-electron chi connectivity index (χ1n) is 8.60. The van der Waals surface area contributed by atoms with Crippen molar-refractivity contribution in [3.8, 4) is 0 Å². The van der Waals surface area contributed by atoms with Crippen LogP contribution in [0.3, 0.4) is 0 Å². The molecule has 2 aromatic carbocycles. The van der Waals surface area contributed by atoms with Gasteiger partial charge in [0.1, 0.15) is 5.37 Å². The number of carbonyl (C=O) groups is 1. The highest BCUT2D eigenvalue weighted by atomic mass is 32.2. The molecule has 0 N–H and O–H groups in total. The van der Waals surface area contributed by atoms with Gasteiger partial charge in [-0.15, -0.1) is 11.8 Å². The molecule has 0 spiro atoms. The van der Waals surface area contributed by atoms with Gasteiger partial charge in [0, 0.05) is 18.2 Å². The summed E-state index contributed by atoms with van der Waals surface area (Å²) in [5, 5.41) is -0.558. The van der Waals surface area contributed by atoms with Gasteiger partial charge in [-0.25, -0.2) is 0 Å². The van der Waals surface area contributed by atoms with Gasteiger partial charge in [-0.1, -0.05) is 48.5 Å². The minimum Gasteiger partial charge on any atom is -0.325 e. The highest BCUT2D eigenvalue weighted by molar-refractivity contribution is 7.99. The van der Waals surface area contributed by atoms with E-state index in [-0.39, 0.29) is 23.3 Å². The first-order chi connectivity index (χ1) is 12.5. The molecule has 0 radical (unpaired) electrons. The van der Waals surface area contributed by atoms with Crippen LogP contribution in [-0.2, 0) is 11.0 Å². The van der Waals surface area contributed by atoms with Crippen LogP contribution in [0.4, 0.5) is 13.2 Å². The molecule has 1 heterocycles. The maximum atomic E-state index is 13.4. The number of thioether (sulfide) groups is 1. The highest BCUT2D eigenvalue weighted by Gasteiger charge is 2.48. The predicted molar refractivity (Wildman–Crippen MR) is 95.6 cm³/mol. The van der Waals surface area contributed by atoms with Crippen molar-refractivity contribution in [2.75, 3.05) is 12.3 Å². The van der Waals surface area contributed by atoms with Gasteiger partial charge in [-0.2, -0.15) is 13.2 Å². The van der Waals surface area contributed by atoms with Crippen LogP contribution in [0.2, 0.25) is 0 Å². The van der Waals surface area contributed by atoms with Gasteiger partial charge in [-0.05, 0) is 29.5 Å². The summed E-state index contributed by atoms with van der Waals surface area (Å²) in [6, 6.07) is 15.4. The summed E-state index contributed by atoms with van der Waals surface area (Å²) in [5.41, 5.74) is 0.672. The lowest BCUT2D eigenvalue weighted by Gasteiger charge is -2.26. The maximum Gasteiger partial charge on any atom is 0.416 e. The van der Waals surface area contributed by atoms with Gasteiger partial charge in [0.05, 0.1) is 5.56 Å². The molecular formula is C20H18F3NOS. The number of alkyl halides is 3. The molecule has 0 unspecified atom stereocenters. The second-order valence-corrected chi connectivity index (χ2v) is 7.89. The molecule has 1 saturated carbocycles. The molecule has 26 heavy (non-hydrogen) atoms. The molecule has 4 rings (SSSR count). The number of amides is 1. The Morgan fingerprint density at radius 3 is 2.46 bits per heavy atom. The summed E-state index contributed by atoms with van der Waals surface area (Å²) in [6.45, 7) is 0.498. The van der Waals surface area contributed by atoms with Crippen molar-refractivity contribution in [2.24, 2.45) is 5.92 Å². The number of nitrogens with zero attached hydrogens (tertiary/aromatic N) is 1. The Labute approximate surface area is 154 Å². The van der Waals surface area contributed by atoms with Crippen LogP contribution in [0.5, 0.6) is 0 Å². The molecule has 1 amide bonds. The number of benzene rings is 2. The van der Waals surface area contributed by atoms with Crippen molar-refractivity contribution in [2.45, 2.75) is 23.9 Å². The fourth-order valence-corrected chi connectivity index (χ4v) is 4.97. The molecule has 2 aromatic rings. The second kappa shape index (κ2) is 6.65. The van der Waals surface area contributed by atoms with Gasteiger partial charge < -0.3 is 4.90 Å². The van der Waals surface area contributed by atoms with Gasteiger partial charge in [0.15, 0.2) is 0 Å². The van der Waals surface area contributed by atoms with E-state index < -0.39 is 17.1 Å². The van der Waals surface area contributed by atoms with E-state index >= 15 is 0 Å². The smallest absolute Gasteiger partial charge is 0.325 e. The predicted octanol–water partition coefficient (Wildman–Crippen LogP) is 5.08. The monoisotopic (exact) mass is 377 g/mol. The SMILES string of the molecule is O=C([C@@H]1C[C@H]1c1ccccc1)N1CCS[C@@H]1c1ccccc1C(F)(F)F. The molecule has 2 fully saturated rings. The lowest BCUT2D eigenvalue weighted by molar-refractivity contribution is -0.140. The zero-order chi connectivity index (χ0) is 18.3. The van der Waals surface area contributed by atoms with Gasteiger partial charge in [-0.3, -0.25) is 4.79 Å². The lowest BCUT2D eigenvalue weighted by Crippen LogP contribution is -2.32. The van der Waals surface area contributed by atoms with Crippen LogP contribution in [-0.4, -0.2) is 23.1 Å². The molecule has 136 valence electrons. The number of carbonyl (C=O) groups excluding carboxylic acids is 1. The molecule has 1 aliphatic carbocycles. The van der Waals surface area contributed by atoms with E-state index in [1.54, 1.807) is 11.0 Å². The third-order valence-corrected chi connectivity index (χ3v) is 6.28. The van der Waals surface area contributed by atoms with Crippen LogP contribution in [0.1, 0.15) is 34.4 Å². The number of rotatable bonds is 3. The summed E-state index contributed by atoms with van der Waals surface area (Å²) in [7, 11) is 0. The Balaban J connectivity index is 1.56. The zero-order valence-electron chi connectivity index (χ0n) is 13.9. The Kier molecular flexibility index (Phi) is 4.47. The van der Waals surface area contributed by atoms with Crippen molar-refractivity contribution >= 4 is 17.7 Å². The Morgan fingerprint density at radius 2 is 1.73 bits per heavy atom. The summed E-state index contributed by atoms with van der Waals surface area (Å²) in [5.74, 6) is 0.709. The number of halogens is 3. The molecule has 2 aliphatic rings. The summed E-state index contributed by atoms with van der Waals surface area (Å²) < 4.78 is 40.1.